The van der Waals surface area contributed by atoms with Crippen LogP contribution in [0.3, 0.4) is 0 Å². The number of ether oxygens (including phenoxy) is 1. The van der Waals surface area contributed by atoms with Crippen molar-refractivity contribution in [2.75, 3.05) is 17.7 Å². The van der Waals surface area contributed by atoms with Crippen molar-refractivity contribution in [3.05, 3.63) is 59.3 Å². The number of carbonyl (C=O) groups is 1. The summed E-state index contributed by atoms with van der Waals surface area (Å²) in [6.07, 6.45) is 5.40. The number of hydrogen-bond donors (Lipinski definition) is 1. The van der Waals surface area contributed by atoms with Gasteiger partial charge in [0.1, 0.15) is 17.7 Å². The fraction of sp³-hybridized carbons (Fsp3) is 0.348. The maximum absolute atomic E-state index is 13.6. The van der Waals surface area contributed by atoms with Gasteiger partial charge in [0.25, 0.3) is 0 Å². The van der Waals surface area contributed by atoms with Crippen molar-refractivity contribution in [1.29, 1.82) is 5.26 Å². The molecule has 0 radical (unpaired) electrons. The van der Waals surface area contributed by atoms with Gasteiger partial charge >= 0.3 is 0 Å². The number of imidazole rings is 1. The first-order valence-electron chi connectivity index (χ1n) is 10.4. The first-order valence-corrected chi connectivity index (χ1v) is 11.4. The zero-order valence-electron chi connectivity index (χ0n) is 18.0. The maximum Gasteiger partial charge on any atom is 0.235 e. The molecule has 32 heavy (non-hydrogen) atoms. The maximum atomic E-state index is 13.6. The Hall–Kier alpha value is -3.09. The number of nitriles is 1. The average Bonchev–Trinajstić information content (AvgIpc) is 3.51. The van der Waals surface area contributed by atoms with Gasteiger partial charge in [-0.2, -0.15) is 5.26 Å². The van der Waals surface area contributed by atoms with Crippen molar-refractivity contribution in [3.63, 3.8) is 0 Å². The van der Waals surface area contributed by atoms with E-state index in [2.05, 4.69) is 16.4 Å². The summed E-state index contributed by atoms with van der Waals surface area (Å²) >= 11 is 1.25. The Morgan fingerprint density at radius 3 is 3.00 bits per heavy atom. The minimum atomic E-state index is -0.341. The summed E-state index contributed by atoms with van der Waals surface area (Å²) in [7, 11) is 0. The number of hydrogen-bond acceptors (Lipinski definition) is 5. The van der Waals surface area contributed by atoms with Gasteiger partial charge in [-0.15, -0.1) is 0 Å². The fourth-order valence-corrected chi connectivity index (χ4v) is 4.64. The molecular weight excluding hydrogens is 429 g/mol. The van der Waals surface area contributed by atoms with Crippen LogP contribution in [0, 0.1) is 31.0 Å². The van der Waals surface area contributed by atoms with Crippen LogP contribution in [0.2, 0.25) is 0 Å². The lowest BCUT2D eigenvalue weighted by Gasteiger charge is -2.17. The molecule has 0 saturated carbocycles. The van der Waals surface area contributed by atoms with E-state index in [0.29, 0.717) is 28.8 Å². The highest BCUT2D eigenvalue weighted by atomic mass is 32.2. The SMILES string of the molecule is Cc1c(C#N)c(NC(=O)CSc2nccn2-c2cccc(F)c2)n(C[C@@H]2CCCO2)c1C. The molecule has 1 atom stereocenters. The molecule has 0 spiro atoms. The molecule has 1 aliphatic rings. The normalized spacial score (nSPS) is 15.6. The van der Waals surface area contributed by atoms with Gasteiger partial charge in [0.05, 0.1) is 29.7 Å². The van der Waals surface area contributed by atoms with Crippen LogP contribution < -0.4 is 5.32 Å². The zero-order valence-corrected chi connectivity index (χ0v) is 18.8. The molecular formula is C23H24FN5O2S. The van der Waals surface area contributed by atoms with Gasteiger partial charge in [-0.3, -0.25) is 9.36 Å². The molecule has 1 aliphatic heterocycles. The lowest BCUT2D eigenvalue weighted by Crippen LogP contribution is -2.22. The van der Waals surface area contributed by atoms with Gasteiger partial charge in [-0.25, -0.2) is 9.37 Å². The Kier molecular flexibility index (Phi) is 6.63. The molecule has 1 saturated heterocycles. The first kappa shape index (κ1) is 22.1. The Labute approximate surface area is 190 Å². The van der Waals surface area contributed by atoms with E-state index in [4.69, 9.17) is 4.74 Å². The third-order valence-corrected chi connectivity index (χ3v) is 6.60. The molecule has 4 rings (SSSR count). The highest BCUT2D eigenvalue weighted by Crippen LogP contribution is 2.29. The van der Waals surface area contributed by atoms with E-state index in [1.165, 1.54) is 23.9 Å². The molecule has 1 fully saturated rings. The summed E-state index contributed by atoms with van der Waals surface area (Å²) in [5.74, 6) is 0.0237. The topological polar surface area (TPSA) is 84.9 Å². The molecule has 3 heterocycles. The van der Waals surface area contributed by atoms with Crippen LogP contribution in [0.5, 0.6) is 0 Å². The molecule has 1 amide bonds. The molecule has 0 unspecified atom stereocenters. The van der Waals surface area contributed by atoms with Crippen molar-refractivity contribution in [1.82, 2.24) is 14.1 Å². The van der Waals surface area contributed by atoms with Crippen LogP contribution in [-0.4, -0.2) is 38.5 Å². The summed E-state index contributed by atoms with van der Waals surface area (Å²) < 4.78 is 23.1. The molecule has 1 N–H and O–H groups in total. The molecule has 0 aliphatic carbocycles. The van der Waals surface area contributed by atoms with Crippen LogP contribution in [0.25, 0.3) is 5.69 Å². The second-order valence-corrected chi connectivity index (χ2v) is 8.63. The van der Waals surface area contributed by atoms with Gasteiger partial charge in [0.15, 0.2) is 5.16 Å². The number of benzene rings is 1. The van der Waals surface area contributed by atoms with Crippen molar-refractivity contribution in [3.8, 4) is 11.8 Å². The summed E-state index contributed by atoms with van der Waals surface area (Å²) in [4.78, 5) is 17.1. The Bertz CT molecular complexity index is 1170. The Morgan fingerprint density at radius 1 is 1.44 bits per heavy atom. The van der Waals surface area contributed by atoms with Crippen molar-refractivity contribution in [2.24, 2.45) is 0 Å². The van der Waals surface area contributed by atoms with Crippen LogP contribution in [0.1, 0.15) is 29.7 Å². The number of halogens is 1. The second kappa shape index (κ2) is 9.59. The van der Waals surface area contributed by atoms with Crippen molar-refractivity contribution in [2.45, 2.75) is 44.5 Å². The molecule has 1 aromatic carbocycles. The number of nitrogens with one attached hydrogen (secondary N) is 1. The number of carbonyl (C=O) groups excluding carboxylic acids is 1. The second-order valence-electron chi connectivity index (χ2n) is 7.69. The van der Waals surface area contributed by atoms with Gasteiger partial charge in [-0.1, -0.05) is 17.8 Å². The minimum Gasteiger partial charge on any atom is -0.376 e. The van der Waals surface area contributed by atoms with E-state index in [1.807, 2.05) is 18.4 Å². The van der Waals surface area contributed by atoms with Crippen LogP contribution in [-0.2, 0) is 16.1 Å². The molecule has 9 heteroatoms. The molecule has 0 bridgehead atoms. The van der Waals surface area contributed by atoms with E-state index in [0.717, 1.165) is 30.7 Å². The molecule has 166 valence electrons. The van der Waals surface area contributed by atoms with Gasteiger partial charge < -0.3 is 14.6 Å². The molecule has 2 aromatic heterocycles. The van der Waals surface area contributed by atoms with E-state index >= 15 is 0 Å². The zero-order chi connectivity index (χ0) is 22.7. The van der Waals surface area contributed by atoms with E-state index in [1.54, 1.807) is 29.1 Å². The summed E-state index contributed by atoms with van der Waals surface area (Å²) in [6.45, 7) is 5.18. The fourth-order valence-electron chi connectivity index (χ4n) is 3.87. The molecule has 7 nitrogen and oxygen atoms in total. The Morgan fingerprint density at radius 2 is 2.28 bits per heavy atom. The van der Waals surface area contributed by atoms with Gasteiger partial charge in [0.2, 0.25) is 5.91 Å². The number of amides is 1. The lowest BCUT2D eigenvalue weighted by molar-refractivity contribution is -0.113. The van der Waals surface area contributed by atoms with Gasteiger partial charge in [0, 0.05) is 24.7 Å². The third-order valence-electron chi connectivity index (χ3n) is 5.63. The van der Waals surface area contributed by atoms with E-state index < -0.39 is 0 Å². The van der Waals surface area contributed by atoms with Crippen LogP contribution in [0.15, 0.2) is 41.8 Å². The summed E-state index contributed by atoms with van der Waals surface area (Å²) in [5, 5.41) is 13.2. The number of nitrogens with zero attached hydrogens (tertiary/aromatic N) is 4. The number of thioether (sulfide) groups is 1. The average molecular weight is 454 g/mol. The van der Waals surface area contributed by atoms with E-state index in [-0.39, 0.29) is 23.6 Å². The number of anilines is 1. The van der Waals surface area contributed by atoms with Gasteiger partial charge in [-0.05, 0) is 50.5 Å². The highest BCUT2D eigenvalue weighted by Gasteiger charge is 2.24. The van der Waals surface area contributed by atoms with Crippen LogP contribution >= 0.6 is 11.8 Å². The number of rotatable bonds is 7. The smallest absolute Gasteiger partial charge is 0.235 e. The standard InChI is InChI=1S/C23H24FN5O2S/c1-15-16(2)29(13-19-7-4-10-31-19)22(20(15)12-25)27-21(30)14-32-23-26-8-9-28(23)18-6-3-5-17(24)11-18/h3,5-6,8-9,11,19H,4,7,10,13-14H2,1-2H3,(H,27,30)/t19-/m0/s1. The monoisotopic (exact) mass is 453 g/mol. The van der Waals surface area contributed by atoms with Crippen molar-refractivity contribution >= 4 is 23.5 Å². The third kappa shape index (κ3) is 4.56. The quantitative estimate of drug-likeness (QED) is 0.542. The summed E-state index contributed by atoms with van der Waals surface area (Å²) in [5.41, 5.74) is 2.91. The number of aromatic nitrogens is 3. The molecule has 3 aromatic rings. The predicted octanol–water partition coefficient (Wildman–Crippen LogP) is 4.21. The lowest BCUT2D eigenvalue weighted by atomic mass is 10.2. The van der Waals surface area contributed by atoms with E-state index in [9.17, 15) is 14.4 Å². The first-order chi connectivity index (χ1) is 15.5. The summed E-state index contributed by atoms with van der Waals surface area (Å²) in [6, 6.07) is 8.42. The minimum absolute atomic E-state index is 0.0795. The van der Waals surface area contributed by atoms with Crippen LogP contribution in [0.4, 0.5) is 10.2 Å². The predicted molar refractivity (Wildman–Crippen MR) is 120 cm³/mol. The van der Waals surface area contributed by atoms with Crippen molar-refractivity contribution < 1.29 is 13.9 Å². The Balaban J connectivity index is 1.49. The largest absolute Gasteiger partial charge is 0.376 e. The highest BCUT2D eigenvalue weighted by molar-refractivity contribution is 7.99.